The van der Waals surface area contributed by atoms with Gasteiger partial charge >= 0.3 is 0 Å². The van der Waals surface area contributed by atoms with Gasteiger partial charge in [-0.2, -0.15) is 5.10 Å². The van der Waals surface area contributed by atoms with Crippen LogP contribution in [0.25, 0.3) is 38.4 Å². The Balaban J connectivity index is 1.25. The molecule has 198 valence electrons. The molecule has 1 saturated carbocycles. The number of thiophene rings is 1. The number of anilines is 1. The van der Waals surface area contributed by atoms with Crippen LogP contribution >= 0.6 is 11.3 Å². The number of pyridine rings is 3. The molecule has 0 aromatic carbocycles. The molecule has 39 heavy (non-hydrogen) atoms. The molecule has 5 aromatic heterocycles. The van der Waals surface area contributed by atoms with E-state index in [9.17, 15) is 0 Å². The van der Waals surface area contributed by atoms with Crippen LogP contribution < -0.4 is 10.6 Å². The summed E-state index contributed by atoms with van der Waals surface area (Å²) in [5.41, 5.74) is 5.97. The van der Waals surface area contributed by atoms with E-state index < -0.39 is 5.82 Å². The van der Waals surface area contributed by atoms with E-state index in [4.69, 9.17) is 0 Å². The van der Waals surface area contributed by atoms with E-state index in [1.54, 1.807) is 29.9 Å². The molecule has 0 atom stereocenters. The number of aromatic amines is 1. The van der Waals surface area contributed by atoms with Crippen LogP contribution in [-0.2, 0) is 6.54 Å². The maximum Gasteiger partial charge on any atom is 0.161 e. The molecule has 0 bridgehead atoms. The van der Waals surface area contributed by atoms with Crippen molar-refractivity contribution in [2.45, 2.75) is 39.2 Å². The Morgan fingerprint density at radius 1 is 1.15 bits per heavy atom. The lowest BCUT2D eigenvalue weighted by atomic mass is 10.1. The minimum atomic E-state index is -0.456. The van der Waals surface area contributed by atoms with Crippen LogP contribution in [0.2, 0.25) is 0 Å². The van der Waals surface area contributed by atoms with Crippen LogP contribution in [-0.4, -0.2) is 31.7 Å². The van der Waals surface area contributed by atoms with Gasteiger partial charge in [0.2, 0.25) is 0 Å². The highest BCUT2D eigenvalue weighted by Gasteiger charge is 2.20. The molecule has 1 aliphatic carbocycles. The predicted molar refractivity (Wildman–Crippen MR) is 156 cm³/mol. The van der Waals surface area contributed by atoms with Crippen LogP contribution in [0.4, 0.5) is 10.1 Å². The Kier molecular flexibility index (Phi) is 7.17. The number of hydrogen-bond acceptors (Lipinski definition) is 7. The highest BCUT2D eigenvalue weighted by molar-refractivity contribution is 7.13. The molecule has 1 aliphatic rings. The smallest absolute Gasteiger partial charge is 0.161 e. The van der Waals surface area contributed by atoms with E-state index in [0.29, 0.717) is 34.4 Å². The summed E-state index contributed by atoms with van der Waals surface area (Å²) in [5, 5.41) is 16.5. The van der Waals surface area contributed by atoms with E-state index in [0.717, 1.165) is 39.8 Å². The summed E-state index contributed by atoms with van der Waals surface area (Å²) >= 11 is 1.63. The van der Waals surface area contributed by atoms with Crippen molar-refractivity contribution in [3.63, 3.8) is 0 Å². The van der Waals surface area contributed by atoms with Crippen molar-refractivity contribution in [1.82, 2.24) is 30.5 Å². The van der Waals surface area contributed by atoms with Crippen molar-refractivity contribution in [2.75, 3.05) is 11.9 Å². The molecule has 6 rings (SSSR count). The van der Waals surface area contributed by atoms with Crippen LogP contribution in [0.15, 0.2) is 61.0 Å². The van der Waals surface area contributed by atoms with Crippen LogP contribution in [0.5, 0.6) is 0 Å². The molecule has 7 nitrogen and oxygen atoms in total. The Hall–Kier alpha value is -3.95. The minimum absolute atomic E-state index is 0.239. The summed E-state index contributed by atoms with van der Waals surface area (Å²) < 4.78 is 16.0. The second kappa shape index (κ2) is 11.0. The first-order valence-electron chi connectivity index (χ1n) is 13.2. The zero-order valence-corrected chi connectivity index (χ0v) is 22.6. The molecule has 0 radical (unpaired) electrons. The molecule has 9 heteroatoms. The molecule has 0 spiro atoms. The Labute approximate surface area is 230 Å². The third kappa shape index (κ3) is 5.20. The number of rotatable bonds is 9. The zero-order chi connectivity index (χ0) is 26.8. The second-order valence-electron chi connectivity index (χ2n) is 10.1. The molecule has 5 aromatic rings. The third-order valence-electron chi connectivity index (χ3n) is 7.38. The Morgan fingerprint density at radius 2 is 2.03 bits per heavy atom. The summed E-state index contributed by atoms with van der Waals surface area (Å²) in [6.45, 7) is 7.88. The lowest BCUT2D eigenvalue weighted by Crippen LogP contribution is -2.20. The number of aromatic nitrogens is 5. The number of fused-ring (bicyclic) bond motifs is 1. The maximum absolute atomic E-state index is 16.0. The lowest BCUT2D eigenvalue weighted by molar-refractivity contribution is 0.489. The lowest BCUT2D eigenvalue weighted by Gasteiger charge is -2.13. The van der Waals surface area contributed by atoms with Gasteiger partial charge in [-0.25, -0.2) is 4.39 Å². The van der Waals surface area contributed by atoms with Gasteiger partial charge < -0.3 is 10.6 Å². The van der Waals surface area contributed by atoms with Gasteiger partial charge in [0.25, 0.3) is 0 Å². The Morgan fingerprint density at radius 3 is 2.85 bits per heavy atom. The average molecular weight is 540 g/mol. The number of halogens is 1. The van der Waals surface area contributed by atoms with Gasteiger partial charge in [0.15, 0.2) is 5.82 Å². The normalized spacial score (nSPS) is 13.8. The third-order valence-corrected chi connectivity index (χ3v) is 8.26. The highest BCUT2D eigenvalue weighted by Crippen LogP contribution is 2.34. The van der Waals surface area contributed by atoms with Gasteiger partial charge in [0.1, 0.15) is 11.4 Å². The number of nitrogens with zero attached hydrogens (tertiary/aromatic N) is 4. The first kappa shape index (κ1) is 25.3. The molecular weight excluding hydrogens is 509 g/mol. The quantitative estimate of drug-likeness (QED) is 0.188. The fourth-order valence-electron chi connectivity index (χ4n) is 5.30. The van der Waals surface area contributed by atoms with Crippen LogP contribution in [0, 0.1) is 18.7 Å². The van der Waals surface area contributed by atoms with Gasteiger partial charge in [-0.15, -0.1) is 11.3 Å². The topological polar surface area (TPSA) is 91.4 Å². The minimum Gasteiger partial charge on any atom is -0.354 e. The van der Waals surface area contributed by atoms with E-state index in [1.807, 2.05) is 42.8 Å². The molecule has 0 unspecified atom stereocenters. The van der Waals surface area contributed by atoms with Gasteiger partial charge in [-0.05, 0) is 66.9 Å². The van der Waals surface area contributed by atoms with Crippen molar-refractivity contribution in [3.05, 3.63) is 83.6 Å². The van der Waals surface area contributed by atoms with Gasteiger partial charge in [-0.3, -0.25) is 20.1 Å². The summed E-state index contributed by atoms with van der Waals surface area (Å²) in [6, 6.07) is 7.88. The number of hydrogen-bond donors (Lipinski definition) is 3. The summed E-state index contributed by atoms with van der Waals surface area (Å²) in [4.78, 5) is 14.4. The number of H-pyrrole nitrogens is 1. The second-order valence-corrected chi connectivity index (χ2v) is 11.0. The van der Waals surface area contributed by atoms with Crippen molar-refractivity contribution >= 4 is 33.6 Å². The van der Waals surface area contributed by atoms with Crippen molar-refractivity contribution in [2.24, 2.45) is 5.92 Å². The fraction of sp³-hybridized carbons (Fsp3) is 0.267. The van der Waals surface area contributed by atoms with Gasteiger partial charge in [-0.1, -0.05) is 25.5 Å². The molecular formula is C30H30FN7S. The van der Waals surface area contributed by atoms with E-state index >= 15 is 4.39 Å². The monoisotopic (exact) mass is 539 g/mol. The molecule has 0 amide bonds. The first-order valence-corrected chi connectivity index (χ1v) is 14.1. The van der Waals surface area contributed by atoms with Gasteiger partial charge in [0.05, 0.1) is 33.4 Å². The molecule has 0 saturated heterocycles. The summed E-state index contributed by atoms with van der Waals surface area (Å²) in [6.07, 6.45) is 12.1. The van der Waals surface area contributed by atoms with Crippen molar-refractivity contribution in [1.29, 1.82) is 0 Å². The molecule has 1 fully saturated rings. The van der Waals surface area contributed by atoms with Crippen molar-refractivity contribution in [3.8, 4) is 21.8 Å². The predicted octanol–water partition coefficient (Wildman–Crippen LogP) is 6.95. The fourth-order valence-corrected chi connectivity index (χ4v) is 6.08. The van der Waals surface area contributed by atoms with Gasteiger partial charge in [0, 0.05) is 36.4 Å². The average Bonchev–Trinajstić information content (AvgIpc) is 3.73. The van der Waals surface area contributed by atoms with E-state index in [1.165, 1.54) is 25.7 Å². The Bertz CT molecular complexity index is 1620. The summed E-state index contributed by atoms with van der Waals surface area (Å²) in [5.74, 6) is 0.296. The van der Waals surface area contributed by atoms with Crippen LogP contribution in [0.3, 0.4) is 0 Å². The molecule has 0 aliphatic heterocycles. The maximum atomic E-state index is 16.0. The first-order chi connectivity index (χ1) is 19.1. The van der Waals surface area contributed by atoms with Crippen LogP contribution in [0.1, 0.15) is 42.5 Å². The highest BCUT2D eigenvalue weighted by atomic mass is 32.1. The molecule has 3 N–H and O–H groups in total. The van der Waals surface area contributed by atoms with E-state index in [-0.39, 0.29) is 5.69 Å². The van der Waals surface area contributed by atoms with E-state index in [2.05, 4.69) is 42.4 Å². The number of nitrogens with one attached hydrogen (secondary N) is 3. The zero-order valence-electron chi connectivity index (χ0n) is 21.8. The SMILES string of the molecule is C=C(Nc1ccnc(-c2cccs2)c1C)c1n[nH]c2cnc(-c3cncc(CNCC4CCCC4)c3)c(F)c12. The standard InChI is InChI=1S/C30H30FN7S/c1-18-23(9-10-34-28(18)25-8-5-11-39-25)36-19(2)29-26-24(37-38-29)17-35-30(27(26)31)22-12-21(15-33-16-22)14-32-13-20-6-3-4-7-20/h5,8-12,15-17,20,32H,2-4,6-7,13-14H2,1H3,(H,34,36)(H,37,38). The summed E-state index contributed by atoms with van der Waals surface area (Å²) in [7, 11) is 0. The molecule has 5 heterocycles. The largest absolute Gasteiger partial charge is 0.354 e. The van der Waals surface area contributed by atoms with Crippen molar-refractivity contribution < 1.29 is 4.39 Å².